The lowest BCUT2D eigenvalue weighted by molar-refractivity contribution is -0.128. The Balaban J connectivity index is 1.89. The highest BCUT2D eigenvalue weighted by molar-refractivity contribution is 5.97. The molecule has 1 atom stereocenters. The van der Waals surface area contributed by atoms with Gasteiger partial charge < -0.3 is 25.8 Å². The summed E-state index contributed by atoms with van der Waals surface area (Å²) < 4.78 is 5.36. The highest BCUT2D eigenvalue weighted by atomic mass is 16.5. The predicted molar refractivity (Wildman–Crippen MR) is 77.1 cm³/mol. The van der Waals surface area contributed by atoms with E-state index in [1.807, 2.05) is 0 Å². The van der Waals surface area contributed by atoms with Crippen molar-refractivity contribution in [2.24, 2.45) is 0 Å². The summed E-state index contributed by atoms with van der Waals surface area (Å²) in [5.74, 6) is -0.471. The van der Waals surface area contributed by atoms with Gasteiger partial charge in [0.1, 0.15) is 6.10 Å². The molecule has 2 amide bonds. The SMILES string of the molecule is O=C(NCCO)c1ccc(NC(=O)C2CNCCO2)cc1. The van der Waals surface area contributed by atoms with Gasteiger partial charge in [-0.25, -0.2) is 0 Å². The van der Waals surface area contributed by atoms with Crippen LogP contribution in [0.2, 0.25) is 0 Å². The molecule has 114 valence electrons. The summed E-state index contributed by atoms with van der Waals surface area (Å²) in [5.41, 5.74) is 1.07. The molecule has 0 aliphatic carbocycles. The van der Waals surface area contributed by atoms with E-state index < -0.39 is 6.10 Å². The Labute approximate surface area is 122 Å². The lowest BCUT2D eigenvalue weighted by Gasteiger charge is -2.22. The summed E-state index contributed by atoms with van der Waals surface area (Å²) in [4.78, 5) is 23.6. The molecule has 0 bridgehead atoms. The van der Waals surface area contributed by atoms with E-state index in [0.29, 0.717) is 24.4 Å². The minimum atomic E-state index is -0.494. The van der Waals surface area contributed by atoms with Crippen molar-refractivity contribution in [1.29, 1.82) is 0 Å². The van der Waals surface area contributed by atoms with Crippen molar-refractivity contribution < 1.29 is 19.4 Å². The van der Waals surface area contributed by atoms with E-state index in [0.717, 1.165) is 6.54 Å². The van der Waals surface area contributed by atoms with Crippen LogP contribution in [0.25, 0.3) is 0 Å². The minimum Gasteiger partial charge on any atom is -0.395 e. The van der Waals surface area contributed by atoms with Crippen LogP contribution >= 0.6 is 0 Å². The van der Waals surface area contributed by atoms with Crippen molar-refractivity contribution in [2.45, 2.75) is 6.10 Å². The molecule has 1 aromatic carbocycles. The van der Waals surface area contributed by atoms with E-state index in [1.165, 1.54) is 0 Å². The first-order valence-corrected chi connectivity index (χ1v) is 6.83. The van der Waals surface area contributed by atoms with Crippen LogP contribution in [0.15, 0.2) is 24.3 Å². The molecule has 1 aromatic rings. The molecule has 1 unspecified atom stereocenters. The van der Waals surface area contributed by atoms with Gasteiger partial charge in [0, 0.05) is 30.9 Å². The molecule has 1 fully saturated rings. The van der Waals surface area contributed by atoms with Crippen LogP contribution in [0.5, 0.6) is 0 Å². The number of aliphatic hydroxyl groups is 1. The highest BCUT2D eigenvalue weighted by Gasteiger charge is 2.21. The molecule has 0 aromatic heterocycles. The summed E-state index contributed by atoms with van der Waals surface area (Å²) in [6.45, 7) is 1.87. The van der Waals surface area contributed by atoms with Gasteiger partial charge in [0.25, 0.3) is 11.8 Å². The van der Waals surface area contributed by atoms with Crippen molar-refractivity contribution in [2.75, 3.05) is 38.2 Å². The zero-order valence-electron chi connectivity index (χ0n) is 11.6. The smallest absolute Gasteiger partial charge is 0.254 e. The summed E-state index contributed by atoms with van der Waals surface area (Å²) in [7, 11) is 0. The minimum absolute atomic E-state index is 0.102. The van der Waals surface area contributed by atoms with Crippen molar-refractivity contribution in [3.63, 3.8) is 0 Å². The predicted octanol–water partition coefficient (Wildman–Crippen LogP) is -0.664. The van der Waals surface area contributed by atoms with Gasteiger partial charge in [-0.15, -0.1) is 0 Å². The van der Waals surface area contributed by atoms with Gasteiger partial charge in [0.15, 0.2) is 0 Å². The maximum Gasteiger partial charge on any atom is 0.254 e. The van der Waals surface area contributed by atoms with E-state index in [4.69, 9.17) is 9.84 Å². The normalized spacial score (nSPS) is 18.0. The largest absolute Gasteiger partial charge is 0.395 e. The monoisotopic (exact) mass is 293 g/mol. The molecular weight excluding hydrogens is 274 g/mol. The second-order valence-electron chi connectivity index (χ2n) is 4.61. The lowest BCUT2D eigenvalue weighted by atomic mass is 10.2. The molecule has 7 heteroatoms. The van der Waals surface area contributed by atoms with Crippen LogP contribution in [0.4, 0.5) is 5.69 Å². The van der Waals surface area contributed by atoms with Crippen LogP contribution in [-0.2, 0) is 9.53 Å². The fourth-order valence-electron chi connectivity index (χ4n) is 1.93. The highest BCUT2D eigenvalue weighted by Crippen LogP contribution is 2.11. The second kappa shape index (κ2) is 7.72. The Hall–Kier alpha value is -1.96. The van der Waals surface area contributed by atoms with Crippen LogP contribution in [0, 0.1) is 0 Å². The number of hydrogen-bond donors (Lipinski definition) is 4. The van der Waals surface area contributed by atoms with Crippen LogP contribution in [0.3, 0.4) is 0 Å². The molecule has 7 nitrogen and oxygen atoms in total. The molecule has 2 rings (SSSR count). The van der Waals surface area contributed by atoms with Crippen molar-refractivity contribution in [3.05, 3.63) is 29.8 Å². The standard InChI is InChI=1S/C14H19N3O4/c18-7-5-16-13(19)10-1-3-11(4-2-10)17-14(20)12-9-15-6-8-21-12/h1-4,12,15,18H,5-9H2,(H,16,19)(H,17,20). The van der Waals surface area contributed by atoms with E-state index in [9.17, 15) is 9.59 Å². The maximum atomic E-state index is 11.9. The third-order valence-corrected chi connectivity index (χ3v) is 3.03. The summed E-state index contributed by atoms with van der Waals surface area (Å²) in [6, 6.07) is 6.54. The number of ether oxygens (including phenoxy) is 1. The third-order valence-electron chi connectivity index (χ3n) is 3.03. The fraction of sp³-hybridized carbons (Fsp3) is 0.429. The molecule has 1 saturated heterocycles. The van der Waals surface area contributed by atoms with Gasteiger partial charge in [-0.1, -0.05) is 0 Å². The van der Waals surface area contributed by atoms with Crippen molar-refractivity contribution in [3.8, 4) is 0 Å². The van der Waals surface area contributed by atoms with E-state index >= 15 is 0 Å². The van der Waals surface area contributed by atoms with Crippen LogP contribution in [-0.4, -0.2) is 55.9 Å². The van der Waals surface area contributed by atoms with Crippen LogP contribution in [0.1, 0.15) is 10.4 Å². The number of nitrogens with one attached hydrogen (secondary N) is 3. The number of carbonyl (C=O) groups is 2. The molecule has 1 aliphatic heterocycles. The summed E-state index contributed by atoms with van der Waals surface area (Å²) in [5, 5.41) is 17.0. The average molecular weight is 293 g/mol. The Morgan fingerprint density at radius 2 is 2.10 bits per heavy atom. The topological polar surface area (TPSA) is 99.7 Å². The first-order valence-electron chi connectivity index (χ1n) is 6.83. The number of aliphatic hydroxyl groups excluding tert-OH is 1. The fourth-order valence-corrected chi connectivity index (χ4v) is 1.93. The second-order valence-corrected chi connectivity index (χ2v) is 4.61. The van der Waals surface area contributed by atoms with Gasteiger partial charge in [0.05, 0.1) is 13.2 Å². The Kier molecular flexibility index (Phi) is 5.68. The molecule has 0 radical (unpaired) electrons. The number of anilines is 1. The van der Waals surface area contributed by atoms with E-state index in [2.05, 4.69) is 16.0 Å². The number of benzene rings is 1. The Morgan fingerprint density at radius 3 is 2.71 bits per heavy atom. The van der Waals surface area contributed by atoms with Crippen LogP contribution < -0.4 is 16.0 Å². The Bertz CT molecular complexity index is 483. The van der Waals surface area contributed by atoms with Gasteiger partial charge in [-0.3, -0.25) is 9.59 Å². The van der Waals surface area contributed by atoms with E-state index in [-0.39, 0.29) is 25.0 Å². The van der Waals surface area contributed by atoms with E-state index in [1.54, 1.807) is 24.3 Å². The molecule has 21 heavy (non-hydrogen) atoms. The summed E-state index contributed by atoms with van der Waals surface area (Å²) in [6.07, 6.45) is -0.494. The van der Waals surface area contributed by atoms with Gasteiger partial charge in [-0.2, -0.15) is 0 Å². The molecule has 4 N–H and O–H groups in total. The van der Waals surface area contributed by atoms with Gasteiger partial charge >= 0.3 is 0 Å². The summed E-state index contributed by atoms with van der Waals surface area (Å²) >= 11 is 0. The molecular formula is C14H19N3O4. The molecule has 1 aliphatic rings. The molecule has 1 heterocycles. The number of rotatable bonds is 5. The first kappa shape index (κ1) is 15.4. The number of hydrogen-bond acceptors (Lipinski definition) is 5. The molecule has 0 spiro atoms. The van der Waals surface area contributed by atoms with Gasteiger partial charge in [0.2, 0.25) is 0 Å². The zero-order valence-corrected chi connectivity index (χ0v) is 11.6. The number of carbonyl (C=O) groups excluding carboxylic acids is 2. The van der Waals surface area contributed by atoms with Crippen molar-refractivity contribution in [1.82, 2.24) is 10.6 Å². The zero-order chi connectivity index (χ0) is 15.1. The van der Waals surface area contributed by atoms with Crippen molar-refractivity contribution >= 4 is 17.5 Å². The van der Waals surface area contributed by atoms with Gasteiger partial charge in [-0.05, 0) is 24.3 Å². The maximum absolute atomic E-state index is 11.9. The Morgan fingerprint density at radius 1 is 1.33 bits per heavy atom. The third kappa shape index (κ3) is 4.52. The lowest BCUT2D eigenvalue weighted by Crippen LogP contribution is -2.45. The molecule has 0 saturated carbocycles. The number of morpholine rings is 1. The number of amides is 2. The first-order chi connectivity index (χ1) is 10.2. The quantitative estimate of drug-likeness (QED) is 0.577. The average Bonchev–Trinajstić information content (AvgIpc) is 2.54.